The molecule has 0 aromatic rings. The molecule has 0 amide bonds. The van der Waals surface area contributed by atoms with Crippen molar-refractivity contribution in [3.05, 3.63) is 0 Å². The van der Waals surface area contributed by atoms with Gasteiger partial charge < -0.3 is 10.8 Å². The highest BCUT2D eigenvalue weighted by molar-refractivity contribution is 5.66. The number of nitrogens with two attached hydrogens (primary N) is 1. The van der Waals surface area contributed by atoms with E-state index in [9.17, 15) is 4.79 Å². The van der Waals surface area contributed by atoms with Gasteiger partial charge in [0.2, 0.25) is 0 Å². The highest BCUT2D eigenvalue weighted by Crippen LogP contribution is 2.13. The summed E-state index contributed by atoms with van der Waals surface area (Å²) in [5.74, 6) is -0.0443. The first kappa shape index (κ1) is 10.4. The molecule has 0 bridgehead atoms. The van der Waals surface area contributed by atoms with Crippen LogP contribution >= 0.6 is 0 Å². The van der Waals surface area contributed by atoms with Gasteiger partial charge in [-0.05, 0) is 24.8 Å². The molecule has 3 nitrogen and oxygen atoms in total. The third kappa shape index (κ3) is 5.85. The molecule has 0 aliphatic rings. The summed E-state index contributed by atoms with van der Waals surface area (Å²) in [5, 5.41) is 8.44. The van der Waals surface area contributed by atoms with Gasteiger partial charge in [-0.15, -0.1) is 0 Å². The van der Waals surface area contributed by atoms with E-state index in [1.54, 1.807) is 0 Å². The number of aliphatic carboxylic acids is 1. The van der Waals surface area contributed by atoms with Crippen molar-refractivity contribution in [2.75, 3.05) is 6.54 Å². The summed E-state index contributed by atoms with van der Waals surface area (Å²) >= 11 is 0. The van der Waals surface area contributed by atoms with Crippen LogP contribution in [-0.4, -0.2) is 17.6 Å². The Morgan fingerprint density at radius 1 is 1.45 bits per heavy atom. The molecule has 66 valence electrons. The maximum absolute atomic E-state index is 10.2. The van der Waals surface area contributed by atoms with Crippen molar-refractivity contribution in [2.24, 2.45) is 17.6 Å². The van der Waals surface area contributed by atoms with Gasteiger partial charge in [0.05, 0.1) is 0 Å². The normalized spacial score (nSPS) is 15.9. The van der Waals surface area contributed by atoms with Crippen LogP contribution in [0.1, 0.15) is 26.7 Å². The third-order valence-corrected chi connectivity index (χ3v) is 1.73. The monoisotopic (exact) mass is 159 g/mol. The van der Waals surface area contributed by atoms with E-state index in [1.807, 2.05) is 13.8 Å². The topological polar surface area (TPSA) is 63.3 Å². The van der Waals surface area contributed by atoms with Crippen LogP contribution in [0, 0.1) is 11.8 Å². The number of carboxylic acids is 1. The van der Waals surface area contributed by atoms with E-state index in [1.165, 1.54) is 0 Å². The minimum absolute atomic E-state index is 0.242. The highest BCUT2D eigenvalue weighted by atomic mass is 16.4. The Morgan fingerprint density at radius 3 is 2.36 bits per heavy atom. The predicted octanol–water partition coefficient (Wildman–Crippen LogP) is 1.08. The van der Waals surface area contributed by atoms with E-state index in [-0.39, 0.29) is 12.3 Å². The lowest BCUT2D eigenvalue weighted by Crippen LogP contribution is -2.15. The molecule has 3 heteroatoms. The summed E-state index contributed by atoms with van der Waals surface area (Å²) in [7, 11) is 0. The van der Waals surface area contributed by atoms with Gasteiger partial charge in [0.25, 0.3) is 0 Å². The molecule has 0 aliphatic heterocycles. The lowest BCUT2D eigenvalue weighted by atomic mass is 9.95. The fraction of sp³-hybridized carbons (Fsp3) is 0.875. The Bertz CT molecular complexity index is 125. The number of hydrogen-bond donors (Lipinski definition) is 2. The first-order chi connectivity index (χ1) is 5.06. The summed E-state index contributed by atoms with van der Waals surface area (Å²) in [6, 6.07) is 0. The van der Waals surface area contributed by atoms with Gasteiger partial charge >= 0.3 is 5.97 Å². The zero-order valence-electron chi connectivity index (χ0n) is 7.21. The van der Waals surface area contributed by atoms with Gasteiger partial charge in [-0.1, -0.05) is 13.8 Å². The molecule has 0 unspecified atom stereocenters. The van der Waals surface area contributed by atoms with Crippen LogP contribution in [0.25, 0.3) is 0 Å². The van der Waals surface area contributed by atoms with Gasteiger partial charge in [0.15, 0.2) is 0 Å². The van der Waals surface area contributed by atoms with E-state index < -0.39 is 5.97 Å². The quantitative estimate of drug-likeness (QED) is 0.631. The summed E-state index contributed by atoms with van der Waals surface area (Å²) in [4.78, 5) is 10.2. The molecule has 0 saturated carbocycles. The maximum atomic E-state index is 10.2. The molecule has 0 aromatic heterocycles. The molecular weight excluding hydrogens is 142 g/mol. The van der Waals surface area contributed by atoms with Crippen molar-refractivity contribution in [3.8, 4) is 0 Å². The third-order valence-electron chi connectivity index (χ3n) is 1.73. The molecule has 0 radical (unpaired) electrons. The Balaban J connectivity index is 3.51. The van der Waals surface area contributed by atoms with E-state index in [2.05, 4.69) is 0 Å². The van der Waals surface area contributed by atoms with Gasteiger partial charge in [-0.3, -0.25) is 4.79 Å². The zero-order chi connectivity index (χ0) is 8.85. The van der Waals surface area contributed by atoms with Crippen LogP contribution in [0.15, 0.2) is 0 Å². The molecule has 0 aromatic carbocycles. The van der Waals surface area contributed by atoms with Crippen LogP contribution in [0.5, 0.6) is 0 Å². The second kappa shape index (κ2) is 5.13. The van der Waals surface area contributed by atoms with Crippen molar-refractivity contribution < 1.29 is 9.90 Å². The molecule has 0 fully saturated rings. The SMILES string of the molecule is C[C@@H](CN)C[C@@H](C)CC(=O)O. The Kier molecular flexibility index (Phi) is 4.86. The molecule has 0 aliphatic carbocycles. The first-order valence-electron chi connectivity index (χ1n) is 3.98. The minimum Gasteiger partial charge on any atom is -0.481 e. The lowest BCUT2D eigenvalue weighted by Gasteiger charge is -2.12. The summed E-state index contributed by atoms with van der Waals surface area (Å²) in [6.07, 6.45) is 1.16. The molecule has 0 rings (SSSR count). The zero-order valence-corrected chi connectivity index (χ0v) is 7.21. The second-order valence-electron chi connectivity index (χ2n) is 3.28. The number of carboxylic acid groups (broad SMARTS) is 1. The second-order valence-corrected chi connectivity index (χ2v) is 3.28. The lowest BCUT2D eigenvalue weighted by molar-refractivity contribution is -0.138. The van der Waals surface area contributed by atoms with Gasteiger partial charge in [-0.25, -0.2) is 0 Å². The molecule has 0 saturated heterocycles. The summed E-state index contributed by atoms with van der Waals surface area (Å²) in [6.45, 7) is 4.63. The predicted molar refractivity (Wildman–Crippen MR) is 44.3 cm³/mol. The number of carbonyl (C=O) groups is 1. The first-order valence-corrected chi connectivity index (χ1v) is 3.98. The highest BCUT2D eigenvalue weighted by Gasteiger charge is 2.10. The molecular formula is C8H17NO2. The van der Waals surface area contributed by atoms with Crippen LogP contribution in [0.3, 0.4) is 0 Å². The Labute approximate surface area is 67.6 Å². The van der Waals surface area contributed by atoms with Crippen molar-refractivity contribution in [2.45, 2.75) is 26.7 Å². The Hall–Kier alpha value is -0.570. The van der Waals surface area contributed by atoms with E-state index in [0.717, 1.165) is 6.42 Å². The van der Waals surface area contributed by atoms with E-state index in [0.29, 0.717) is 12.5 Å². The van der Waals surface area contributed by atoms with Crippen LogP contribution in [0.4, 0.5) is 0 Å². The smallest absolute Gasteiger partial charge is 0.303 e. The fourth-order valence-electron chi connectivity index (χ4n) is 1.16. The van der Waals surface area contributed by atoms with Crippen molar-refractivity contribution >= 4 is 5.97 Å². The summed E-state index contributed by atoms with van der Waals surface area (Å²) in [5.41, 5.74) is 5.40. The van der Waals surface area contributed by atoms with Crippen LogP contribution < -0.4 is 5.73 Å². The summed E-state index contributed by atoms with van der Waals surface area (Å²) < 4.78 is 0. The fourth-order valence-corrected chi connectivity index (χ4v) is 1.16. The molecule has 0 heterocycles. The molecule has 0 spiro atoms. The molecule has 3 N–H and O–H groups in total. The van der Waals surface area contributed by atoms with Crippen molar-refractivity contribution in [3.63, 3.8) is 0 Å². The van der Waals surface area contributed by atoms with Crippen molar-refractivity contribution in [1.29, 1.82) is 0 Å². The molecule has 2 atom stereocenters. The Morgan fingerprint density at radius 2 is 2.00 bits per heavy atom. The van der Waals surface area contributed by atoms with E-state index >= 15 is 0 Å². The van der Waals surface area contributed by atoms with Crippen LogP contribution in [-0.2, 0) is 4.79 Å². The van der Waals surface area contributed by atoms with Crippen molar-refractivity contribution in [1.82, 2.24) is 0 Å². The van der Waals surface area contributed by atoms with Gasteiger partial charge in [-0.2, -0.15) is 0 Å². The standard InChI is InChI=1S/C8H17NO2/c1-6(4-8(10)11)3-7(2)5-9/h6-7H,3-5,9H2,1-2H3,(H,10,11)/t6-,7-/m1/s1. The molecule has 11 heavy (non-hydrogen) atoms. The average molecular weight is 159 g/mol. The van der Waals surface area contributed by atoms with E-state index in [4.69, 9.17) is 10.8 Å². The van der Waals surface area contributed by atoms with Crippen LogP contribution in [0.2, 0.25) is 0 Å². The number of hydrogen-bond acceptors (Lipinski definition) is 2. The number of rotatable bonds is 5. The average Bonchev–Trinajstić information content (AvgIpc) is 1.85. The minimum atomic E-state index is -0.721. The largest absolute Gasteiger partial charge is 0.481 e. The maximum Gasteiger partial charge on any atom is 0.303 e. The van der Waals surface area contributed by atoms with Gasteiger partial charge in [0, 0.05) is 6.42 Å². The van der Waals surface area contributed by atoms with Gasteiger partial charge in [0.1, 0.15) is 0 Å².